The van der Waals surface area contributed by atoms with Crippen LogP contribution < -0.4 is 14.8 Å². The second-order valence-corrected chi connectivity index (χ2v) is 6.72. The van der Waals surface area contributed by atoms with Crippen LogP contribution in [0.3, 0.4) is 0 Å². The first-order valence-corrected chi connectivity index (χ1v) is 8.33. The molecule has 1 unspecified atom stereocenters. The van der Waals surface area contributed by atoms with E-state index in [1.165, 1.54) is 10.4 Å². The van der Waals surface area contributed by atoms with Gasteiger partial charge in [-0.05, 0) is 36.4 Å². The van der Waals surface area contributed by atoms with E-state index in [2.05, 4.69) is 30.4 Å². The Labute approximate surface area is 133 Å². The van der Waals surface area contributed by atoms with E-state index in [-0.39, 0.29) is 6.04 Å². The van der Waals surface area contributed by atoms with Crippen molar-refractivity contribution >= 4 is 22.9 Å². The van der Waals surface area contributed by atoms with Gasteiger partial charge >= 0.3 is 0 Å². The number of likely N-dealkylation sites (N-methyl/N-ethyl adjacent to an activating group) is 1. The van der Waals surface area contributed by atoms with Crippen LogP contribution in [0.5, 0.6) is 11.5 Å². The lowest BCUT2D eigenvalue weighted by Gasteiger charge is -2.22. The van der Waals surface area contributed by atoms with E-state index in [1.54, 1.807) is 11.3 Å². The minimum Gasteiger partial charge on any atom is -0.486 e. The van der Waals surface area contributed by atoms with E-state index in [4.69, 9.17) is 21.1 Å². The molecule has 1 atom stereocenters. The Hall–Kier alpha value is -1.23. The van der Waals surface area contributed by atoms with Crippen LogP contribution in [0.1, 0.15) is 23.4 Å². The molecule has 0 bridgehead atoms. The highest BCUT2D eigenvalue weighted by atomic mass is 35.5. The topological polar surface area (TPSA) is 30.5 Å². The van der Waals surface area contributed by atoms with E-state index in [1.807, 2.05) is 12.1 Å². The van der Waals surface area contributed by atoms with Crippen molar-refractivity contribution in [1.82, 2.24) is 5.32 Å². The predicted molar refractivity (Wildman–Crippen MR) is 86.9 cm³/mol. The third-order valence-corrected chi connectivity index (χ3v) is 4.71. The van der Waals surface area contributed by atoms with Crippen LogP contribution in [0.25, 0.3) is 0 Å². The molecular formula is C16H18ClNO2S. The van der Waals surface area contributed by atoms with Crippen molar-refractivity contribution in [1.29, 1.82) is 0 Å². The van der Waals surface area contributed by atoms with Gasteiger partial charge in [-0.15, -0.1) is 11.3 Å². The highest BCUT2D eigenvalue weighted by Gasteiger charge is 2.17. The number of benzene rings is 1. The van der Waals surface area contributed by atoms with Crippen molar-refractivity contribution in [3.63, 3.8) is 0 Å². The maximum atomic E-state index is 6.02. The lowest BCUT2D eigenvalue weighted by atomic mass is 10.0. The molecule has 21 heavy (non-hydrogen) atoms. The third-order valence-electron chi connectivity index (χ3n) is 3.45. The van der Waals surface area contributed by atoms with E-state index in [0.717, 1.165) is 28.8 Å². The van der Waals surface area contributed by atoms with Gasteiger partial charge in [0.25, 0.3) is 0 Å². The molecule has 5 heteroatoms. The number of halogens is 1. The normalized spacial score (nSPS) is 15.0. The van der Waals surface area contributed by atoms with E-state index in [0.29, 0.717) is 13.2 Å². The quantitative estimate of drug-likeness (QED) is 0.900. The molecule has 1 aromatic heterocycles. The summed E-state index contributed by atoms with van der Waals surface area (Å²) in [5.74, 6) is 1.67. The summed E-state index contributed by atoms with van der Waals surface area (Å²) in [4.78, 5) is 1.28. The van der Waals surface area contributed by atoms with Crippen LogP contribution in [-0.4, -0.2) is 19.8 Å². The van der Waals surface area contributed by atoms with Crippen molar-refractivity contribution in [2.24, 2.45) is 0 Å². The molecule has 0 saturated carbocycles. The fourth-order valence-electron chi connectivity index (χ4n) is 2.49. The Morgan fingerprint density at radius 3 is 2.71 bits per heavy atom. The fraction of sp³-hybridized carbons (Fsp3) is 0.375. The molecule has 0 aliphatic carbocycles. The highest BCUT2D eigenvalue weighted by Crippen LogP contribution is 2.34. The Morgan fingerprint density at radius 1 is 1.19 bits per heavy atom. The second kappa shape index (κ2) is 6.69. The number of thiophene rings is 1. The number of hydrogen-bond acceptors (Lipinski definition) is 4. The smallest absolute Gasteiger partial charge is 0.161 e. The van der Waals surface area contributed by atoms with Gasteiger partial charge in [0.05, 0.1) is 4.34 Å². The zero-order valence-corrected chi connectivity index (χ0v) is 13.5. The summed E-state index contributed by atoms with van der Waals surface area (Å²) >= 11 is 7.66. The molecule has 0 saturated heterocycles. The first-order chi connectivity index (χ1) is 10.3. The van der Waals surface area contributed by atoms with Gasteiger partial charge in [0.1, 0.15) is 13.2 Å². The number of ether oxygens (including phenoxy) is 2. The maximum absolute atomic E-state index is 6.02. The summed E-state index contributed by atoms with van der Waals surface area (Å²) in [6, 6.07) is 10.5. The summed E-state index contributed by atoms with van der Waals surface area (Å²) < 4.78 is 12.1. The van der Waals surface area contributed by atoms with E-state index >= 15 is 0 Å². The lowest BCUT2D eigenvalue weighted by molar-refractivity contribution is 0.171. The minimum atomic E-state index is 0.251. The second-order valence-electron chi connectivity index (χ2n) is 4.92. The van der Waals surface area contributed by atoms with Crippen LogP contribution in [0.2, 0.25) is 4.34 Å². The molecule has 0 fully saturated rings. The van der Waals surface area contributed by atoms with Gasteiger partial charge in [-0.2, -0.15) is 0 Å². The first-order valence-electron chi connectivity index (χ1n) is 7.13. The Bertz CT molecular complexity index is 614. The molecule has 112 valence electrons. The molecule has 2 heterocycles. The average Bonchev–Trinajstić information content (AvgIpc) is 2.91. The highest BCUT2D eigenvalue weighted by molar-refractivity contribution is 7.16. The summed E-state index contributed by atoms with van der Waals surface area (Å²) in [5, 5.41) is 3.53. The predicted octanol–water partition coefficient (Wildman–Crippen LogP) is 4.07. The Morgan fingerprint density at radius 2 is 2.00 bits per heavy atom. The van der Waals surface area contributed by atoms with Gasteiger partial charge in [0.2, 0.25) is 0 Å². The van der Waals surface area contributed by atoms with Crippen molar-refractivity contribution in [3.8, 4) is 11.5 Å². The molecule has 1 aliphatic heterocycles. The third kappa shape index (κ3) is 3.51. The van der Waals surface area contributed by atoms with Crippen molar-refractivity contribution in [3.05, 3.63) is 45.1 Å². The van der Waals surface area contributed by atoms with Crippen LogP contribution in [0.15, 0.2) is 30.3 Å². The van der Waals surface area contributed by atoms with Crippen LogP contribution >= 0.6 is 22.9 Å². The fourth-order valence-corrected chi connectivity index (χ4v) is 3.63. The zero-order valence-electron chi connectivity index (χ0n) is 11.9. The molecule has 0 spiro atoms. The minimum absolute atomic E-state index is 0.251. The molecule has 3 nitrogen and oxygen atoms in total. The summed E-state index contributed by atoms with van der Waals surface area (Å²) in [6.07, 6.45) is 0.921. The van der Waals surface area contributed by atoms with Gasteiger partial charge in [0.15, 0.2) is 11.5 Å². The van der Waals surface area contributed by atoms with Crippen LogP contribution in [-0.2, 0) is 6.42 Å². The van der Waals surface area contributed by atoms with Crippen molar-refractivity contribution in [2.75, 3.05) is 19.8 Å². The number of rotatable bonds is 5. The summed E-state index contributed by atoms with van der Waals surface area (Å²) in [6.45, 7) is 4.27. The SMILES string of the molecule is CCNC(Cc1ccc(Cl)s1)c1ccc2c(c1)OCCO2. The van der Waals surface area contributed by atoms with Crippen LogP contribution in [0, 0.1) is 0 Å². The van der Waals surface area contributed by atoms with Crippen LogP contribution in [0.4, 0.5) is 0 Å². The van der Waals surface area contributed by atoms with Gasteiger partial charge < -0.3 is 14.8 Å². The molecule has 1 aliphatic rings. The first kappa shape index (κ1) is 14.7. The van der Waals surface area contributed by atoms with Crippen molar-refractivity contribution in [2.45, 2.75) is 19.4 Å². The number of hydrogen-bond donors (Lipinski definition) is 1. The summed E-state index contributed by atoms with van der Waals surface area (Å²) in [5.41, 5.74) is 1.21. The number of fused-ring (bicyclic) bond motifs is 1. The maximum Gasteiger partial charge on any atom is 0.161 e. The molecule has 3 rings (SSSR count). The standard InChI is InChI=1S/C16H18ClNO2S/c1-2-18-13(10-12-4-6-16(17)21-12)11-3-5-14-15(9-11)20-8-7-19-14/h3-6,9,13,18H,2,7-8,10H2,1H3. The Balaban J connectivity index is 1.82. The van der Waals surface area contributed by atoms with E-state index in [9.17, 15) is 0 Å². The monoisotopic (exact) mass is 323 g/mol. The van der Waals surface area contributed by atoms with Gasteiger partial charge in [-0.25, -0.2) is 0 Å². The molecule has 2 aromatic rings. The molecule has 0 radical (unpaired) electrons. The average molecular weight is 324 g/mol. The zero-order chi connectivity index (χ0) is 14.7. The largest absolute Gasteiger partial charge is 0.486 e. The summed E-state index contributed by atoms with van der Waals surface area (Å²) in [7, 11) is 0. The van der Waals surface area contributed by atoms with Crippen molar-refractivity contribution < 1.29 is 9.47 Å². The van der Waals surface area contributed by atoms with Gasteiger partial charge in [-0.3, -0.25) is 0 Å². The Kier molecular flexibility index (Phi) is 4.68. The molecular weight excluding hydrogens is 306 g/mol. The molecule has 1 aromatic carbocycles. The lowest BCUT2D eigenvalue weighted by Crippen LogP contribution is -2.23. The molecule has 1 N–H and O–H groups in total. The van der Waals surface area contributed by atoms with Gasteiger partial charge in [-0.1, -0.05) is 24.6 Å². The number of nitrogens with one attached hydrogen (secondary N) is 1. The van der Waals surface area contributed by atoms with Gasteiger partial charge in [0, 0.05) is 17.3 Å². The van der Waals surface area contributed by atoms with E-state index < -0.39 is 0 Å². The molecule has 0 amide bonds.